The molecule has 6 nitrogen and oxygen atoms in total. The molecular weight excluding hydrogens is 434 g/mol. The molecule has 1 N–H and O–H groups in total. The summed E-state index contributed by atoms with van der Waals surface area (Å²) in [6, 6.07) is 16.8. The molecule has 2 aromatic carbocycles. The standard InChI is InChI=1S/C23H20ClN3O3S/c1-15-5-4-6-16(11-15)13-26-19-9-10-31-21(19)22(29)27(23(26)30)14-20(28)25-12-17-7-2-3-8-18(17)24/h2-11H,12-14H2,1H3,(H,25,28). The second kappa shape index (κ2) is 8.91. The third-order valence-electron chi connectivity index (χ3n) is 5.00. The molecule has 0 radical (unpaired) electrons. The summed E-state index contributed by atoms with van der Waals surface area (Å²) in [5.41, 5.74) is 2.40. The summed E-state index contributed by atoms with van der Waals surface area (Å²) < 4.78 is 2.99. The number of nitrogens with one attached hydrogen (secondary N) is 1. The second-order valence-corrected chi connectivity index (χ2v) is 8.58. The fraction of sp³-hybridized carbons (Fsp3) is 0.174. The van der Waals surface area contributed by atoms with E-state index in [0.717, 1.165) is 21.3 Å². The van der Waals surface area contributed by atoms with Crippen LogP contribution in [0, 0.1) is 6.92 Å². The van der Waals surface area contributed by atoms with Gasteiger partial charge >= 0.3 is 5.69 Å². The number of hydrogen-bond acceptors (Lipinski definition) is 4. The molecule has 1 amide bonds. The van der Waals surface area contributed by atoms with E-state index < -0.39 is 17.2 Å². The molecule has 0 aliphatic carbocycles. The predicted octanol–water partition coefficient (Wildman–Crippen LogP) is 3.55. The molecule has 0 fully saturated rings. The molecule has 0 saturated heterocycles. The molecule has 0 aliphatic heterocycles. The van der Waals surface area contributed by atoms with Gasteiger partial charge in [0.1, 0.15) is 11.2 Å². The second-order valence-electron chi connectivity index (χ2n) is 7.25. The summed E-state index contributed by atoms with van der Waals surface area (Å²) >= 11 is 7.38. The van der Waals surface area contributed by atoms with Crippen LogP contribution in [0.4, 0.5) is 0 Å². The molecule has 0 saturated carbocycles. The number of carbonyl (C=O) groups excluding carboxylic acids is 1. The van der Waals surface area contributed by atoms with Crippen LogP contribution in [0.3, 0.4) is 0 Å². The van der Waals surface area contributed by atoms with Gasteiger partial charge in [-0.05, 0) is 35.6 Å². The highest BCUT2D eigenvalue weighted by molar-refractivity contribution is 7.17. The van der Waals surface area contributed by atoms with Gasteiger partial charge in [0.25, 0.3) is 5.56 Å². The van der Waals surface area contributed by atoms with Crippen LogP contribution < -0.4 is 16.6 Å². The Morgan fingerprint density at radius 2 is 1.87 bits per heavy atom. The van der Waals surface area contributed by atoms with E-state index in [1.165, 1.54) is 11.3 Å². The van der Waals surface area contributed by atoms with Gasteiger partial charge in [-0.2, -0.15) is 0 Å². The van der Waals surface area contributed by atoms with Gasteiger partial charge in [0.2, 0.25) is 5.91 Å². The highest BCUT2D eigenvalue weighted by Crippen LogP contribution is 2.17. The van der Waals surface area contributed by atoms with E-state index in [1.807, 2.05) is 37.3 Å². The molecule has 0 atom stereocenters. The summed E-state index contributed by atoms with van der Waals surface area (Å²) in [5, 5.41) is 5.05. The monoisotopic (exact) mass is 453 g/mol. The average Bonchev–Trinajstić information content (AvgIpc) is 3.24. The van der Waals surface area contributed by atoms with E-state index in [0.29, 0.717) is 21.8 Å². The first-order chi connectivity index (χ1) is 14.9. The molecule has 8 heteroatoms. The Balaban J connectivity index is 1.64. The van der Waals surface area contributed by atoms with Crippen LogP contribution in [0.5, 0.6) is 0 Å². The Morgan fingerprint density at radius 1 is 1.06 bits per heavy atom. The smallest absolute Gasteiger partial charge is 0.332 e. The molecule has 4 rings (SSSR count). The Labute approximate surface area is 187 Å². The molecule has 158 valence electrons. The highest BCUT2D eigenvalue weighted by Gasteiger charge is 2.17. The molecule has 0 bridgehead atoms. The summed E-state index contributed by atoms with van der Waals surface area (Å²) in [6.45, 7) is 2.15. The van der Waals surface area contributed by atoms with Crippen LogP contribution in [0.2, 0.25) is 5.02 Å². The number of rotatable bonds is 6. The largest absolute Gasteiger partial charge is 0.350 e. The fourth-order valence-electron chi connectivity index (χ4n) is 3.45. The van der Waals surface area contributed by atoms with Crippen LogP contribution >= 0.6 is 22.9 Å². The van der Waals surface area contributed by atoms with Crippen molar-refractivity contribution >= 4 is 39.1 Å². The Morgan fingerprint density at radius 3 is 2.65 bits per heavy atom. The molecule has 0 spiro atoms. The minimum absolute atomic E-state index is 0.214. The van der Waals surface area contributed by atoms with Crippen molar-refractivity contribution in [2.24, 2.45) is 0 Å². The zero-order valence-electron chi connectivity index (χ0n) is 16.8. The number of thiophene rings is 1. The topological polar surface area (TPSA) is 73.1 Å². The van der Waals surface area contributed by atoms with Crippen molar-refractivity contribution in [3.8, 4) is 0 Å². The Hall–Kier alpha value is -3.16. The first-order valence-electron chi connectivity index (χ1n) is 9.70. The Bertz CT molecular complexity index is 1390. The Kier molecular flexibility index (Phi) is 6.06. The van der Waals surface area contributed by atoms with Crippen molar-refractivity contribution < 1.29 is 4.79 Å². The van der Waals surface area contributed by atoms with Crippen LogP contribution in [0.1, 0.15) is 16.7 Å². The molecule has 0 unspecified atom stereocenters. The summed E-state index contributed by atoms with van der Waals surface area (Å²) in [5.74, 6) is -0.433. The van der Waals surface area contributed by atoms with E-state index in [-0.39, 0.29) is 13.1 Å². The van der Waals surface area contributed by atoms with Crippen LogP contribution in [-0.4, -0.2) is 15.0 Å². The third kappa shape index (κ3) is 4.47. The van der Waals surface area contributed by atoms with Crippen molar-refractivity contribution in [1.82, 2.24) is 14.5 Å². The lowest BCUT2D eigenvalue weighted by Crippen LogP contribution is -2.43. The van der Waals surface area contributed by atoms with Gasteiger partial charge in [-0.15, -0.1) is 11.3 Å². The van der Waals surface area contributed by atoms with Crippen LogP contribution in [0.25, 0.3) is 10.2 Å². The van der Waals surface area contributed by atoms with Crippen molar-refractivity contribution in [3.05, 3.63) is 103 Å². The number of benzene rings is 2. The number of hydrogen-bond donors (Lipinski definition) is 1. The van der Waals surface area contributed by atoms with Crippen molar-refractivity contribution in [1.29, 1.82) is 0 Å². The van der Waals surface area contributed by atoms with E-state index >= 15 is 0 Å². The minimum Gasteiger partial charge on any atom is -0.350 e. The number of amides is 1. The lowest BCUT2D eigenvalue weighted by atomic mass is 10.1. The van der Waals surface area contributed by atoms with Gasteiger partial charge in [0, 0.05) is 11.6 Å². The van der Waals surface area contributed by atoms with E-state index in [4.69, 9.17) is 11.6 Å². The minimum atomic E-state index is -0.509. The van der Waals surface area contributed by atoms with E-state index in [1.54, 1.807) is 34.2 Å². The number of aryl methyl sites for hydroxylation is 1. The maximum Gasteiger partial charge on any atom is 0.332 e. The molecule has 2 aromatic heterocycles. The maximum atomic E-state index is 13.2. The van der Waals surface area contributed by atoms with Crippen molar-refractivity contribution in [2.75, 3.05) is 0 Å². The average molecular weight is 454 g/mol. The zero-order chi connectivity index (χ0) is 22.0. The molecular formula is C23H20ClN3O3S. The lowest BCUT2D eigenvalue weighted by Gasteiger charge is -2.13. The SMILES string of the molecule is Cc1cccc(Cn2c(=O)n(CC(=O)NCc3ccccc3Cl)c(=O)c3sccc32)c1. The first kappa shape index (κ1) is 21.1. The number of carbonyl (C=O) groups is 1. The number of nitrogens with zero attached hydrogens (tertiary/aromatic N) is 2. The fourth-order valence-corrected chi connectivity index (χ4v) is 4.50. The molecule has 2 heterocycles. The van der Waals surface area contributed by atoms with E-state index in [9.17, 15) is 14.4 Å². The van der Waals surface area contributed by atoms with Gasteiger partial charge < -0.3 is 5.32 Å². The summed E-state index contributed by atoms with van der Waals surface area (Å²) in [4.78, 5) is 38.6. The quantitative estimate of drug-likeness (QED) is 0.485. The van der Waals surface area contributed by atoms with Gasteiger partial charge in [-0.25, -0.2) is 9.36 Å². The molecule has 0 aliphatic rings. The highest BCUT2D eigenvalue weighted by atomic mass is 35.5. The van der Waals surface area contributed by atoms with Gasteiger partial charge in [-0.1, -0.05) is 59.6 Å². The van der Waals surface area contributed by atoms with Crippen LogP contribution in [0.15, 0.2) is 69.6 Å². The normalized spacial score (nSPS) is 11.0. The van der Waals surface area contributed by atoms with Gasteiger partial charge in [0.15, 0.2) is 0 Å². The van der Waals surface area contributed by atoms with Gasteiger partial charge in [-0.3, -0.25) is 14.2 Å². The maximum absolute atomic E-state index is 13.2. The third-order valence-corrected chi connectivity index (χ3v) is 6.26. The van der Waals surface area contributed by atoms with Crippen LogP contribution in [-0.2, 0) is 24.4 Å². The first-order valence-corrected chi connectivity index (χ1v) is 11.0. The van der Waals surface area contributed by atoms with Crippen molar-refractivity contribution in [2.45, 2.75) is 26.6 Å². The van der Waals surface area contributed by atoms with Gasteiger partial charge in [0.05, 0.1) is 12.1 Å². The number of halogens is 1. The van der Waals surface area contributed by atoms with E-state index in [2.05, 4.69) is 5.32 Å². The zero-order valence-corrected chi connectivity index (χ0v) is 18.4. The molecule has 4 aromatic rings. The summed E-state index contributed by atoms with van der Waals surface area (Å²) in [7, 11) is 0. The predicted molar refractivity (Wildman–Crippen MR) is 124 cm³/mol. The summed E-state index contributed by atoms with van der Waals surface area (Å²) in [6.07, 6.45) is 0. The van der Waals surface area contributed by atoms with Crippen molar-refractivity contribution in [3.63, 3.8) is 0 Å². The number of aromatic nitrogens is 2. The number of fused-ring (bicyclic) bond motifs is 1. The lowest BCUT2D eigenvalue weighted by molar-refractivity contribution is -0.121. The molecule has 31 heavy (non-hydrogen) atoms.